The first kappa shape index (κ1) is 18.6. The SMILES string of the molecule is CC.CCc1ccc(C(=O)NCCCN(C)C)cc1F. The molecule has 1 N–H and O–H groups in total. The van der Waals surface area contributed by atoms with Crippen molar-refractivity contribution >= 4 is 5.91 Å². The van der Waals surface area contributed by atoms with Crippen LogP contribution in [0.1, 0.15) is 43.1 Å². The molecule has 0 fully saturated rings. The Morgan fingerprint density at radius 2 is 1.95 bits per heavy atom. The van der Waals surface area contributed by atoms with Crippen molar-refractivity contribution < 1.29 is 9.18 Å². The highest BCUT2D eigenvalue weighted by molar-refractivity contribution is 5.94. The minimum Gasteiger partial charge on any atom is -0.352 e. The quantitative estimate of drug-likeness (QED) is 0.813. The summed E-state index contributed by atoms with van der Waals surface area (Å²) < 4.78 is 13.5. The highest BCUT2D eigenvalue weighted by Gasteiger charge is 2.08. The van der Waals surface area contributed by atoms with E-state index in [1.165, 1.54) is 6.07 Å². The van der Waals surface area contributed by atoms with Gasteiger partial charge in [-0.05, 0) is 51.2 Å². The van der Waals surface area contributed by atoms with Gasteiger partial charge in [0.25, 0.3) is 5.91 Å². The van der Waals surface area contributed by atoms with Crippen LogP contribution in [-0.2, 0) is 6.42 Å². The van der Waals surface area contributed by atoms with Crippen LogP contribution in [0.3, 0.4) is 0 Å². The van der Waals surface area contributed by atoms with Crippen LogP contribution in [0.25, 0.3) is 0 Å². The molecule has 0 atom stereocenters. The number of carbonyl (C=O) groups is 1. The maximum absolute atomic E-state index is 13.5. The number of nitrogens with one attached hydrogen (secondary N) is 1. The van der Waals surface area contributed by atoms with E-state index in [1.807, 2.05) is 34.9 Å². The van der Waals surface area contributed by atoms with Crippen LogP contribution in [0.5, 0.6) is 0 Å². The molecule has 3 nitrogen and oxygen atoms in total. The van der Waals surface area contributed by atoms with Crippen molar-refractivity contribution in [3.05, 3.63) is 35.1 Å². The van der Waals surface area contributed by atoms with Crippen LogP contribution in [0.4, 0.5) is 4.39 Å². The van der Waals surface area contributed by atoms with E-state index in [1.54, 1.807) is 12.1 Å². The van der Waals surface area contributed by atoms with Crippen molar-refractivity contribution in [1.82, 2.24) is 10.2 Å². The summed E-state index contributed by atoms with van der Waals surface area (Å²) in [6, 6.07) is 4.65. The molecule has 0 spiro atoms. The molecule has 4 heteroatoms. The lowest BCUT2D eigenvalue weighted by Gasteiger charge is -2.10. The van der Waals surface area contributed by atoms with Crippen molar-refractivity contribution in [2.24, 2.45) is 0 Å². The molecule has 0 saturated carbocycles. The van der Waals surface area contributed by atoms with Gasteiger partial charge in [-0.15, -0.1) is 0 Å². The van der Waals surface area contributed by atoms with Crippen LogP contribution in [0.2, 0.25) is 0 Å². The lowest BCUT2D eigenvalue weighted by Crippen LogP contribution is -2.27. The van der Waals surface area contributed by atoms with Crippen LogP contribution in [-0.4, -0.2) is 38.0 Å². The first-order valence-corrected chi connectivity index (χ1v) is 7.26. The lowest BCUT2D eigenvalue weighted by molar-refractivity contribution is 0.0952. The highest BCUT2D eigenvalue weighted by Crippen LogP contribution is 2.10. The highest BCUT2D eigenvalue weighted by atomic mass is 19.1. The summed E-state index contributed by atoms with van der Waals surface area (Å²) in [5.74, 6) is -0.520. The molecule has 20 heavy (non-hydrogen) atoms. The van der Waals surface area contributed by atoms with E-state index in [-0.39, 0.29) is 11.7 Å². The number of nitrogens with zero attached hydrogens (tertiary/aromatic N) is 1. The molecule has 0 bridgehead atoms. The van der Waals surface area contributed by atoms with Gasteiger partial charge in [-0.3, -0.25) is 4.79 Å². The van der Waals surface area contributed by atoms with Gasteiger partial charge in [0.15, 0.2) is 0 Å². The van der Waals surface area contributed by atoms with Crippen molar-refractivity contribution in [2.45, 2.75) is 33.6 Å². The van der Waals surface area contributed by atoms with Crippen LogP contribution in [0, 0.1) is 5.82 Å². The Bertz CT molecular complexity index is 405. The molecule has 1 amide bonds. The summed E-state index contributed by atoms with van der Waals surface area (Å²) in [5.41, 5.74) is 1.02. The molecule has 0 radical (unpaired) electrons. The van der Waals surface area contributed by atoms with E-state index in [2.05, 4.69) is 10.2 Å². The predicted molar refractivity (Wildman–Crippen MR) is 82.6 cm³/mol. The maximum atomic E-state index is 13.5. The van der Waals surface area contributed by atoms with Crippen molar-refractivity contribution in [2.75, 3.05) is 27.2 Å². The number of aryl methyl sites for hydroxylation is 1. The fraction of sp³-hybridized carbons (Fsp3) is 0.562. The van der Waals surface area contributed by atoms with Gasteiger partial charge >= 0.3 is 0 Å². The lowest BCUT2D eigenvalue weighted by atomic mass is 10.1. The summed E-state index contributed by atoms with van der Waals surface area (Å²) in [4.78, 5) is 13.8. The van der Waals surface area contributed by atoms with Crippen LogP contribution >= 0.6 is 0 Å². The Morgan fingerprint density at radius 3 is 2.45 bits per heavy atom. The topological polar surface area (TPSA) is 32.3 Å². The Balaban J connectivity index is 0.00000172. The van der Waals surface area contributed by atoms with Crippen LogP contribution in [0.15, 0.2) is 18.2 Å². The molecule has 0 aliphatic heterocycles. The smallest absolute Gasteiger partial charge is 0.251 e. The second kappa shape index (κ2) is 10.4. The van der Waals surface area contributed by atoms with E-state index < -0.39 is 0 Å². The fourth-order valence-electron chi connectivity index (χ4n) is 1.67. The third-order valence-corrected chi connectivity index (χ3v) is 2.76. The van der Waals surface area contributed by atoms with Gasteiger partial charge < -0.3 is 10.2 Å². The minimum absolute atomic E-state index is 0.213. The number of amides is 1. The number of hydrogen-bond acceptors (Lipinski definition) is 2. The number of hydrogen-bond donors (Lipinski definition) is 1. The number of carbonyl (C=O) groups excluding carboxylic acids is 1. The summed E-state index contributed by atoms with van der Waals surface area (Å²) in [7, 11) is 3.97. The van der Waals surface area contributed by atoms with Crippen molar-refractivity contribution in [1.29, 1.82) is 0 Å². The number of halogens is 1. The molecule has 1 aromatic carbocycles. The molecular formula is C16H27FN2O. The molecule has 0 heterocycles. The molecule has 114 valence electrons. The predicted octanol–water partition coefficient (Wildman–Crippen LogP) is 3.10. The van der Waals surface area contributed by atoms with Crippen molar-refractivity contribution in [3.63, 3.8) is 0 Å². The summed E-state index contributed by atoms with van der Waals surface area (Å²) >= 11 is 0. The van der Waals surface area contributed by atoms with Crippen molar-refractivity contribution in [3.8, 4) is 0 Å². The Hall–Kier alpha value is -1.42. The third kappa shape index (κ3) is 6.66. The first-order valence-electron chi connectivity index (χ1n) is 7.26. The molecule has 0 aliphatic carbocycles. The molecule has 0 aliphatic rings. The summed E-state index contributed by atoms with van der Waals surface area (Å²) in [6.45, 7) is 7.41. The zero-order chi connectivity index (χ0) is 15.5. The average molecular weight is 282 g/mol. The third-order valence-electron chi connectivity index (χ3n) is 2.76. The summed E-state index contributed by atoms with van der Waals surface area (Å²) in [5, 5.41) is 2.79. The zero-order valence-corrected chi connectivity index (χ0v) is 13.3. The zero-order valence-electron chi connectivity index (χ0n) is 13.3. The monoisotopic (exact) mass is 282 g/mol. The second-order valence-electron chi connectivity index (χ2n) is 4.57. The van der Waals surface area contributed by atoms with Gasteiger partial charge in [0, 0.05) is 12.1 Å². The van der Waals surface area contributed by atoms with E-state index >= 15 is 0 Å². The normalized spacial score (nSPS) is 9.95. The second-order valence-corrected chi connectivity index (χ2v) is 4.57. The number of rotatable bonds is 6. The van der Waals surface area contributed by atoms with Gasteiger partial charge in [0.2, 0.25) is 0 Å². The van der Waals surface area contributed by atoms with Gasteiger partial charge in [0.05, 0.1) is 0 Å². The Labute approximate surface area is 122 Å². The summed E-state index contributed by atoms with van der Waals surface area (Å²) in [6.07, 6.45) is 1.52. The average Bonchev–Trinajstić information content (AvgIpc) is 2.45. The molecule has 0 saturated heterocycles. The molecular weight excluding hydrogens is 255 g/mol. The van der Waals surface area contributed by atoms with E-state index in [9.17, 15) is 9.18 Å². The largest absolute Gasteiger partial charge is 0.352 e. The van der Waals surface area contributed by atoms with Gasteiger partial charge in [0.1, 0.15) is 5.82 Å². The Kier molecular flexibility index (Phi) is 9.64. The van der Waals surface area contributed by atoms with Gasteiger partial charge in [-0.25, -0.2) is 4.39 Å². The maximum Gasteiger partial charge on any atom is 0.251 e. The molecule has 0 unspecified atom stereocenters. The molecule has 1 rings (SSSR count). The van der Waals surface area contributed by atoms with E-state index in [0.29, 0.717) is 24.1 Å². The fourth-order valence-corrected chi connectivity index (χ4v) is 1.67. The molecule has 0 aromatic heterocycles. The minimum atomic E-state index is -0.307. The van der Waals surface area contributed by atoms with E-state index in [0.717, 1.165) is 13.0 Å². The number of benzene rings is 1. The molecule has 1 aromatic rings. The van der Waals surface area contributed by atoms with Crippen LogP contribution < -0.4 is 5.32 Å². The first-order chi connectivity index (χ1) is 9.54. The van der Waals surface area contributed by atoms with Gasteiger partial charge in [-0.2, -0.15) is 0 Å². The van der Waals surface area contributed by atoms with Gasteiger partial charge in [-0.1, -0.05) is 26.8 Å². The Morgan fingerprint density at radius 1 is 1.30 bits per heavy atom. The van der Waals surface area contributed by atoms with E-state index in [4.69, 9.17) is 0 Å². The standard InChI is InChI=1S/C14H21FN2O.C2H6/c1-4-11-6-7-12(10-13(11)15)14(18)16-8-5-9-17(2)3;1-2/h6-7,10H,4-5,8-9H2,1-3H3,(H,16,18);1-2H3.